The molecule has 0 aromatic heterocycles. The second kappa shape index (κ2) is 8.51. The summed E-state index contributed by atoms with van der Waals surface area (Å²) < 4.78 is 24.4. The summed E-state index contributed by atoms with van der Waals surface area (Å²) in [6, 6.07) is 13.6. The molecule has 1 amide bonds. The average Bonchev–Trinajstić information content (AvgIpc) is 2.55. The lowest BCUT2D eigenvalue weighted by atomic mass is 10.1. The lowest BCUT2D eigenvalue weighted by Crippen LogP contribution is -2.27. The zero-order valence-corrected chi connectivity index (χ0v) is 15.2. The summed E-state index contributed by atoms with van der Waals surface area (Å²) in [6.07, 6.45) is 0.550. The van der Waals surface area contributed by atoms with Crippen LogP contribution in [0.1, 0.15) is 12.0 Å². The maximum absolute atomic E-state index is 12.2. The van der Waals surface area contributed by atoms with Gasteiger partial charge in [-0.25, -0.2) is 8.42 Å². The van der Waals surface area contributed by atoms with Gasteiger partial charge in [0.15, 0.2) is 9.84 Å². The van der Waals surface area contributed by atoms with Crippen LogP contribution in [0.4, 0.5) is 0 Å². The predicted octanol–water partition coefficient (Wildman–Crippen LogP) is 3.52. The molecule has 0 fully saturated rings. The number of benzene rings is 2. The monoisotopic (exact) mass is 385 g/mol. The first kappa shape index (κ1) is 18.8. The van der Waals surface area contributed by atoms with E-state index < -0.39 is 9.84 Å². The lowest BCUT2D eigenvalue weighted by molar-refractivity contribution is -0.120. The Balaban J connectivity index is 1.80. The van der Waals surface area contributed by atoms with Crippen LogP contribution in [0.15, 0.2) is 53.4 Å². The summed E-state index contributed by atoms with van der Waals surface area (Å²) in [5.41, 5.74) is 1.04. The van der Waals surface area contributed by atoms with Crippen molar-refractivity contribution in [1.82, 2.24) is 5.32 Å². The van der Waals surface area contributed by atoms with Gasteiger partial charge in [0.2, 0.25) is 5.91 Å². The quantitative estimate of drug-likeness (QED) is 0.792. The first-order chi connectivity index (χ1) is 11.4. The molecule has 0 saturated carbocycles. The third-order valence-electron chi connectivity index (χ3n) is 3.42. The Morgan fingerprint density at radius 3 is 2.33 bits per heavy atom. The van der Waals surface area contributed by atoms with Crippen LogP contribution in [0.3, 0.4) is 0 Å². The average molecular weight is 386 g/mol. The summed E-state index contributed by atoms with van der Waals surface area (Å²) in [7, 11) is -3.58. The number of halogens is 2. The molecular formula is C17H17Cl2NO3S. The molecule has 0 atom stereocenters. The van der Waals surface area contributed by atoms with E-state index in [2.05, 4.69) is 5.32 Å². The van der Waals surface area contributed by atoms with E-state index in [0.717, 1.165) is 5.56 Å². The molecule has 0 bridgehead atoms. The van der Waals surface area contributed by atoms with Crippen molar-refractivity contribution in [2.45, 2.75) is 17.7 Å². The van der Waals surface area contributed by atoms with Gasteiger partial charge in [0.05, 0.1) is 15.7 Å². The van der Waals surface area contributed by atoms with Gasteiger partial charge in [-0.3, -0.25) is 4.79 Å². The molecular weight excluding hydrogens is 369 g/mol. The van der Waals surface area contributed by atoms with E-state index >= 15 is 0 Å². The molecule has 0 heterocycles. The van der Waals surface area contributed by atoms with Crippen molar-refractivity contribution in [2.75, 3.05) is 12.3 Å². The summed E-state index contributed by atoms with van der Waals surface area (Å²) in [4.78, 5) is 11.9. The highest BCUT2D eigenvalue weighted by Gasteiger charge is 2.18. The van der Waals surface area contributed by atoms with Gasteiger partial charge in [-0.15, -0.1) is 0 Å². The SMILES string of the molecule is O=C(CCS(=O)(=O)c1ccccc1Cl)NCCc1ccc(Cl)cc1. The van der Waals surface area contributed by atoms with Crippen molar-refractivity contribution in [2.24, 2.45) is 0 Å². The Bertz CT molecular complexity index is 805. The normalized spacial score (nSPS) is 11.2. The van der Waals surface area contributed by atoms with E-state index in [0.29, 0.717) is 18.0 Å². The van der Waals surface area contributed by atoms with E-state index in [1.54, 1.807) is 24.3 Å². The Morgan fingerprint density at radius 2 is 1.67 bits per heavy atom. The first-order valence-corrected chi connectivity index (χ1v) is 9.78. The summed E-state index contributed by atoms with van der Waals surface area (Å²) in [5.74, 6) is -0.580. The molecule has 128 valence electrons. The lowest BCUT2D eigenvalue weighted by Gasteiger charge is -2.08. The van der Waals surface area contributed by atoms with Gasteiger partial charge in [0.1, 0.15) is 0 Å². The third kappa shape index (κ3) is 5.51. The van der Waals surface area contributed by atoms with E-state index in [-0.39, 0.29) is 28.0 Å². The second-order valence-electron chi connectivity index (χ2n) is 5.23. The minimum absolute atomic E-state index is 0.0561. The van der Waals surface area contributed by atoms with Gasteiger partial charge in [-0.1, -0.05) is 47.5 Å². The fraction of sp³-hybridized carbons (Fsp3) is 0.235. The van der Waals surface area contributed by atoms with Gasteiger partial charge in [-0.05, 0) is 36.2 Å². The highest BCUT2D eigenvalue weighted by molar-refractivity contribution is 7.91. The number of nitrogens with one attached hydrogen (secondary N) is 1. The number of sulfone groups is 1. The number of carbonyl (C=O) groups is 1. The molecule has 24 heavy (non-hydrogen) atoms. The molecule has 2 rings (SSSR count). The van der Waals surface area contributed by atoms with E-state index in [9.17, 15) is 13.2 Å². The van der Waals surface area contributed by atoms with Crippen LogP contribution in [-0.4, -0.2) is 26.6 Å². The van der Waals surface area contributed by atoms with E-state index in [1.165, 1.54) is 12.1 Å². The zero-order valence-electron chi connectivity index (χ0n) is 12.8. The van der Waals surface area contributed by atoms with Crippen molar-refractivity contribution < 1.29 is 13.2 Å². The van der Waals surface area contributed by atoms with Crippen LogP contribution in [-0.2, 0) is 21.1 Å². The predicted molar refractivity (Wildman–Crippen MR) is 96.3 cm³/mol. The van der Waals surface area contributed by atoms with Gasteiger partial charge in [-0.2, -0.15) is 0 Å². The van der Waals surface area contributed by atoms with Crippen molar-refractivity contribution >= 4 is 38.9 Å². The number of hydrogen-bond acceptors (Lipinski definition) is 3. The van der Waals surface area contributed by atoms with Gasteiger partial charge < -0.3 is 5.32 Å². The highest BCUT2D eigenvalue weighted by atomic mass is 35.5. The molecule has 0 unspecified atom stereocenters. The topological polar surface area (TPSA) is 63.2 Å². The van der Waals surface area contributed by atoms with Crippen molar-refractivity contribution in [1.29, 1.82) is 0 Å². The molecule has 7 heteroatoms. The van der Waals surface area contributed by atoms with Crippen LogP contribution in [0.25, 0.3) is 0 Å². The van der Waals surface area contributed by atoms with Gasteiger partial charge in [0, 0.05) is 18.0 Å². The molecule has 0 aliphatic carbocycles. The first-order valence-electron chi connectivity index (χ1n) is 7.37. The largest absolute Gasteiger partial charge is 0.356 e. The molecule has 0 saturated heterocycles. The van der Waals surface area contributed by atoms with Crippen LogP contribution in [0, 0.1) is 0 Å². The second-order valence-corrected chi connectivity index (χ2v) is 8.15. The Labute approximate surface area is 151 Å². The standard InChI is InChI=1S/C17H17Cl2NO3S/c18-14-7-5-13(6-8-14)9-11-20-17(21)10-12-24(22,23)16-4-2-1-3-15(16)19/h1-8H,9-12H2,(H,20,21). The zero-order chi connectivity index (χ0) is 17.6. The Hall–Kier alpha value is -1.56. The van der Waals surface area contributed by atoms with Crippen LogP contribution in [0.5, 0.6) is 0 Å². The van der Waals surface area contributed by atoms with Crippen molar-refractivity contribution in [3.05, 3.63) is 64.1 Å². The number of rotatable bonds is 7. The van der Waals surface area contributed by atoms with Gasteiger partial charge >= 0.3 is 0 Å². The van der Waals surface area contributed by atoms with Gasteiger partial charge in [0.25, 0.3) is 0 Å². The fourth-order valence-electron chi connectivity index (χ4n) is 2.12. The smallest absolute Gasteiger partial charge is 0.221 e. The molecule has 2 aromatic carbocycles. The highest BCUT2D eigenvalue weighted by Crippen LogP contribution is 2.22. The van der Waals surface area contributed by atoms with Crippen LogP contribution < -0.4 is 5.32 Å². The maximum atomic E-state index is 12.2. The molecule has 1 N–H and O–H groups in total. The number of hydrogen-bond donors (Lipinski definition) is 1. The summed E-state index contributed by atoms with van der Waals surface area (Å²) in [5, 5.41) is 3.54. The Kier molecular flexibility index (Phi) is 6.66. The molecule has 2 aromatic rings. The number of amides is 1. The van der Waals surface area contributed by atoms with Crippen molar-refractivity contribution in [3.63, 3.8) is 0 Å². The number of carbonyl (C=O) groups excluding carboxylic acids is 1. The van der Waals surface area contributed by atoms with E-state index in [4.69, 9.17) is 23.2 Å². The van der Waals surface area contributed by atoms with Crippen molar-refractivity contribution in [3.8, 4) is 0 Å². The Morgan fingerprint density at radius 1 is 1.00 bits per heavy atom. The molecule has 4 nitrogen and oxygen atoms in total. The summed E-state index contributed by atoms with van der Waals surface area (Å²) in [6.45, 7) is 0.437. The maximum Gasteiger partial charge on any atom is 0.221 e. The molecule has 0 aliphatic heterocycles. The molecule has 0 aliphatic rings. The third-order valence-corrected chi connectivity index (χ3v) is 5.88. The molecule has 0 radical (unpaired) electrons. The molecule has 0 spiro atoms. The fourth-order valence-corrected chi connectivity index (χ4v) is 4.06. The van der Waals surface area contributed by atoms with E-state index in [1.807, 2.05) is 12.1 Å². The minimum Gasteiger partial charge on any atom is -0.356 e. The van der Waals surface area contributed by atoms with Crippen LogP contribution >= 0.6 is 23.2 Å². The minimum atomic E-state index is -3.58. The van der Waals surface area contributed by atoms with Crippen LogP contribution in [0.2, 0.25) is 10.0 Å². The summed E-state index contributed by atoms with van der Waals surface area (Å²) >= 11 is 11.7.